The van der Waals surface area contributed by atoms with Gasteiger partial charge >= 0.3 is 5.97 Å². The van der Waals surface area contributed by atoms with Crippen molar-refractivity contribution in [3.63, 3.8) is 0 Å². The Labute approximate surface area is 87.0 Å². The first-order valence-corrected chi connectivity index (χ1v) is 5.50. The molecule has 0 heterocycles. The van der Waals surface area contributed by atoms with Gasteiger partial charge in [-0.05, 0) is 36.5 Å². The van der Waals surface area contributed by atoms with Gasteiger partial charge in [-0.1, -0.05) is 20.8 Å². The van der Waals surface area contributed by atoms with Crippen molar-refractivity contribution in [3.05, 3.63) is 0 Å². The highest BCUT2D eigenvalue weighted by Crippen LogP contribution is 2.43. The van der Waals surface area contributed by atoms with E-state index in [0.29, 0.717) is 17.8 Å². The molecule has 0 N–H and O–H groups in total. The van der Waals surface area contributed by atoms with Crippen LogP contribution in [0.15, 0.2) is 0 Å². The van der Waals surface area contributed by atoms with Crippen molar-refractivity contribution in [3.8, 4) is 0 Å². The van der Waals surface area contributed by atoms with E-state index >= 15 is 0 Å². The van der Waals surface area contributed by atoms with Crippen LogP contribution in [-0.2, 0) is 9.53 Å². The van der Waals surface area contributed by atoms with Crippen molar-refractivity contribution < 1.29 is 9.53 Å². The zero-order valence-corrected chi connectivity index (χ0v) is 9.80. The van der Waals surface area contributed by atoms with Crippen LogP contribution in [0.5, 0.6) is 0 Å². The van der Waals surface area contributed by atoms with Gasteiger partial charge in [-0.3, -0.25) is 4.79 Å². The second kappa shape index (κ2) is 4.33. The van der Waals surface area contributed by atoms with Crippen LogP contribution in [0.4, 0.5) is 0 Å². The molecule has 1 aliphatic rings. The minimum Gasteiger partial charge on any atom is -0.469 e. The average molecular weight is 198 g/mol. The standard InChI is InChI=1S/C12H22O2/c1-12(2,3)10-6-5-9(7-10)8-11(13)14-4/h9-10H,5-8H2,1-4H3. The summed E-state index contributed by atoms with van der Waals surface area (Å²) in [6, 6.07) is 0. The van der Waals surface area contributed by atoms with Crippen molar-refractivity contribution in [1.29, 1.82) is 0 Å². The van der Waals surface area contributed by atoms with E-state index in [1.54, 1.807) is 0 Å². The Bertz CT molecular complexity index is 203. The smallest absolute Gasteiger partial charge is 0.305 e. The highest BCUT2D eigenvalue weighted by Gasteiger charge is 2.33. The summed E-state index contributed by atoms with van der Waals surface area (Å²) in [5.41, 5.74) is 0.394. The molecule has 1 aliphatic carbocycles. The number of ether oxygens (including phenoxy) is 1. The molecular formula is C12H22O2. The maximum Gasteiger partial charge on any atom is 0.305 e. The fourth-order valence-electron chi connectivity index (χ4n) is 2.37. The summed E-state index contributed by atoms with van der Waals surface area (Å²) >= 11 is 0. The number of hydrogen-bond acceptors (Lipinski definition) is 2. The van der Waals surface area contributed by atoms with Gasteiger partial charge in [0.25, 0.3) is 0 Å². The molecule has 1 rings (SSSR count). The molecule has 82 valence electrons. The molecule has 0 aliphatic heterocycles. The number of carbonyl (C=O) groups excluding carboxylic acids is 1. The van der Waals surface area contributed by atoms with Crippen molar-refractivity contribution in [2.45, 2.75) is 46.5 Å². The molecule has 0 aromatic carbocycles. The van der Waals surface area contributed by atoms with E-state index in [0.717, 1.165) is 5.92 Å². The largest absolute Gasteiger partial charge is 0.469 e. The molecule has 1 fully saturated rings. The molecule has 0 spiro atoms. The van der Waals surface area contributed by atoms with Gasteiger partial charge in [-0.15, -0.1) is 0 Å². The topological polar surface area (TPSA) is 26.3 Å². The van der Waals surface area contributed by atoms with E-state index in [2.05, 4.69) is 20.8 Å². The fourth-order valence-corrected chi connectivity index (χ4v) is 2.37. The van der Waals surface area contributed by atoms with Gasteiger partial charge in [0.2, 0.25) is 0 Å². The summed E-state index contributed by atoms with van der Waals surface area (Å²) in [6.45, 7) is 6.87. The summed E-state index contributed by atoms with van der Waals surface area (Å²) < 4.78 is 4.69. The van der Waals surface area contributed by atoms with Crippen LogP contribution in [-0.4, -0.2) is 13.1 Å². The summed E-state index contributed by atoms with van der Waals surface area (Å²) in [5.74, 6) is 1.29. The molecule has 0 amide bonds. The maximum atomic E-state index is 11.1. The molecular weight excluding hydrogens is 176 g/mol. The summed E-state index contributed by atoms with van der Waals surface area (Å²) in [7, 11) is 1.47. The van der Waals surface area contributed by atoms with Gasteiger partial charge in [0.15, 0.2) is 0 Å². The number of rotatable bonds is 2. The Hall–Kier alpha value is -0.530. The molecule has 2 unspecified atom stereocenters. The predicted molar refractivity (Wildman–Crippen MR) is 56.9 cm³/mol. The van der Waals surface area contributed by atoms with Gasteiger partial charge in [0.1, 0.15) is 0 Å². The number of esters is 1. The summed E-state index contributed by atoms with van der Waals surface area (Å²) in [4.78, 5) is 11.1. The van der Waals surface area contributed by atoms with Crippen molar-refractivity contribution >= 4 is 5.97 Å². The zero-order chi connectivity index (χ0) is 10.8. The Morgan fingerprint density at radius 2 is 2.00 bits per heavy atom. The van der Waals surface area contributed by atoms with Gasteiger partial charge < -0.3 is 4.74 Å². The lowest BCUT2D eigenvalue weighted by molar-refractivity contribution is -0.141. The molecule has 0 saturated heterocycles. The minimum atomic E-state index is -0.0513. The third-order valence-electron chi connectivity index (χ3n) is 3.45. The van der Waals surface area contributed by atoms with Crippen LogP contribution >= 0.6 is 0 Å². The normalized spacial score (nSPS) is 27.7. The molecule has 2 heteroatoms. The summed E-state index contributed by atoms with van der Waals surface area (Å²) in [5, 5.41) is 0. The van der Waals surface area contributed by atoms with Gasteiger partial charge in [-0.2, -0.15) is 0 Å². The molecule has 0 aromatic rings. The van der Waals surface area contributed by atoms with Crippen LogP contribution < -0.4 is 0 Å². The number of carbonyl (C=O) groups is 1. The van der Waals surface area contributed by atoms with Crippen LogP contribution in [0.1, 0.15) is 46.5 Å². The molecule has 0 radical (unpaired) electrons. The third-order valence-corrected chi connectivity index (χ3v) is 3.45. The first kappa shape index (κ1) is 11.5. The minimum absolute atomic E-state index is 0.0513. The van der Waals surface area contributed by atoms with Crippen LogP contribution in [0, 0.1) is 17.3 Å². The van der Waals surface area contributed by atoms with E-state index in [9.17, 15) is 4.79 Å². The van der Waals surface area contributed by atoms with Gasteiger partial charge in [0.05, 0.1) is 7.11 Å². The first-order valence-electron chi connectivity index (χ1n) is 5.50. The lowest BCUT2D eigenvalue weighted by Crippen LogP contribution is -2.18. The maximum absolute atomic E-state index is 11.1. The Kier molecular flexibility index (Phi) is 3.57. The number of methoxy groups -OCH3 is 1. The van der Waals surface area contributed by atoms with Crippen LogP contribution in [0.3, 0.4) is 0 Å². The second-order valence-corrected chi connectivity index (χ2v) is 5.52. The lowest BCUT2D eigenvalue weighted by atomic mass is 9.79. The Morgan fingerprint density at radius 1 is 1.36 bits per heavy atom. The van der Waals surface area contributed by atoms with Crippen LogP contribution in [0.25, 0.3) is 0 Å². The lowest BCUT2D eigenvalue weighted by Gasteiger charge is -2.26. The summed E-state index contributed by atoms with van der Waals surface area (Å²) in [6.07, 6.45) is 4.27. The molecule has 2 atom stereocenters. The number of hydrogen-bond donors (Lipinski definition) is 0. The predicted octanol–water partition coefficient (Wildman–Crippen LogP) is 3.01. The second-order valence-electron chi connectivity index (χ2n) is 5.52. The highest BCUT2D eigenvalue weighted by molar-refractivity contribution is 5.69. The zero-order valence-electron chi connectivity index (χ0n) is 9.80. The Morgan fingerprint density at radius 3 is 2.43 bits per heavy atom. The highest BCUT2D eigenvalue weighted by atomic mass is 16.5. The van der Waals surface area contributed by atoms with E-state index in [-0.39, 0.29) is 5.97 Å². The molecule has 0 bridgehead atoms. The van der Waals surface area contributed by atoms with E-state index < -0.39 is 0 Å². The SMILES string of the molecule is COC(=O)CC1CCC(C(C)(C)C)C1. The third kappa shape index (κ3) is 3.00. The van der Waals surface area contributed by atoms with Crippen molar-refractivity contribution in [1.82, 2.24) is 0 Å². The monoisotopic (exact) mass is 198 g/mol. The van der Waals surface area contributed by atoms with Crippen LogP contribution in [0.2, 0.25) is 0 Å². The molecule has 14 heavy (non-hydrogen) atoms. The van der Waals surface area contributed by atoms with E-state index in [1.165, 1.54) is 26.4 Å². The molecule has 1 saturated carbocycles. The van der Waals surface area contributed by atoms with Gasteiger partial charge in [-0.25, -0.2) is 0 Å². The molecule has 2 nitrogen and oxygen atoms in total. The molecule has 0 aromatic heterocycles. The van der Waals surface area contributed by atoms with E-state index in [4.69, 9.17) is 4.74 Å². The average Bonchev–Trinajstić information content (AvgIpc) is 2.51. The fraction of sp³-hybridized carbons (Fsp3) is 0.917. The first-order chi connectivity index (χ1) is 6.43. The van der Waals surface area contributed by atoms with Crippen molar-refractivity contribution in [2.75, 3.05) is 7.11 Å². The van der Waals surface area contributed by atoms with E-state index in [1.807, 2.05) is 0 Å². The quantitative estimate of drug-likeness (QED) is 0.637. The van der Waals surface area contributed by atoms with Crippen molar-refractivity contribution in [2.24, 2.45) is 17.3 Å². The Balaban J connectivity index is 2.38. The van der Waals surface area contributed by atoms with Gasteiger partial charge in [0, 0.05) is 6.42 Å².